The van der Waals surface area contributed by atoms with Crippen molar-refractivity contribution in [3.8, 4) is 5.75 Å². The lowest BCUT2D eigenvalue weighted by Gasteiger charge is -2.60. The van der Waals surface area contributed by atoms with Crippen LogP contribution in [-0.4, -0.2) is 11.6 Å². The second-order valence-corrected chi connectivity index (χ2v) is 7.65. The highest BCUT2D eigenvalue weighted by molar-refractivity contribution is 5.86. The zero-order chi connectivity index (χ0) is 16.2. The Morgan fingerprint density at radius 2 is 1.83 bits per heavy atom. The summed E-state index contributed by atoms with van der Waals surface area (Å²) in [5.41, 5.74) is -0.366. The minimum absolute atomic E-state index is 0.0310. The summed E-state index contributed by atoms with van der Waals surface area (Å²) in [6.07, 6.45) is 6.87. The first-order chi connectivity index (χ1) is 11.0. The quantitative estimate of drug-likeness (QED) is 0.857. The maximum atomic E-state index is 14.2. The molecule has 5 rings (SSSR count). The summed E-state index contributed by atoms with van der Waals surface area (Å²) >= 11 is 0. The molecule has 4 aliphatic carbocycles. The molecule has 0 aromatic heterocycles. The van der Waals surface area contributed by atoms with Crippen molar-refractivity contribution in [1.29, 1.82) is 0 Å². The average molecular weight is 317 g/mol. The Balaban J connectivity index is 1.69. The zero-order valence-electron chi connectivity index (χ0n) is 13.4. The molecular formula is C19H22FO3-. The third-order valence-electron chi connectivity index (χ3n) is 6.54. The number of benzene rings is 1. The van der Waals surface area contributed by atoms with Crippen LogP contribution in [0, 0.1) is 29.5 Å². The van der Waals surface area contributed by atoms with E-state index in [0.717, 1.165) is 18.3 Å². The van der Waals surface area contributed by atoms with E-state index in [9.17, 15) is 14.3 Å². The van der Waals surface area contributed by atoms with Gasteiger partial charge in [-0.25, -0.2) is 4.39 Å². The molecule has 23 heavy (non-hydrogen) atoms. The van der Waals surface area contributed by atoms with Gasteiger partial charge in [0.1, 0.15) is 5.60 Å². The molecule has 0 atom stereocenters. The maximum absolute atomic E-state index is 14.2. The van der Waals surface area contributed by atoms with Crippen LogP contribution in [0.25, 0.3) is 0 Å². The second-order valence-electron chi connectivity index (χ2n) is 7.65. The molecule has 0 amide bonds. The van der Waals surface area contributed by atoms with Crippen LogP contribution in [0.3, 0.4) is 0 Å². The third-order valence-corrected chi connectivity index (χ3v) is 6.54. The zero-order valence-corrected chi connectivity index (χ0v) is 13.4. The molecule has 124 valence electrons. The smallest absolute Gasteiger partial charge is 0.165 e. The number of aromatic carboxylic acids is 1. The van der Waals surface area contributed by atoms with Crippen molar-refractivity contribution in [3.05, 3.63) is 29.6 Å². The second kappa shape index (κ2) is 5.22. The van der Waals surface area contributed by atoms with Gasteiger partial charge >= 0.3 is 0 Å². The first-order valence-corrected chi connectivity index (χ1v) is 8.71. The van der Waals surface area contributed by atoms with Gasteiger partial charge in [0.15, 0.2) is 11.6 Å². The first-order valence-electron chi connectivity index (χ1n) is 8.71. The maximum Gasteiger partial charge on any atom is 0.165 e. The molecule has 4 bridgehead atoms. The summed E-state index contributed by atoms with van der Waals surface area (Å²) in [4.78, 5) is 11.1. The van der Waals surface area contributed by atoms with E-state index < -0.39 is 11.8 Å². The molecular weight excluding hydrogens is 295 g/mol. The van der Waals surface area contributed by atoms with E-state index in [1.807, 2.05) is 0 Å². The normalized spacial score (nSPS) is 37.8. The molecule has 4 fully saturated rings. The van der Waals surface area contributed by atoms with Gasteiger partial charge in [0.05, 0.1) is 5.97 Å². The largest absolute Gasteiger partial charge is 0.545 e. The van der Waals surface area contributed by atoms with E-state index >= 15 is 0 Å². The summed E-state index contributed by atoms with van der Waals surface area (Å²) in [6, 6.07) is 3.68. The number of carbonyl (C=O) groups excluding carboxylic acids is 1. The number of rotatable bonds is 4. The number of carboxylic acid groups (broad SMARTS) is 1. The van der Waals surface area contributed by atoms with Crippen LogP contribution in [0.2, 0.25) is 0 Å². The van der Waals surface area contributed by atoms with Gasteiger partial charge in [0.25, 0.3) is 0 Å². The third kappa shape index (κ3) is 2.26. The summed E-state index contributed by atoms with van der Waals surface area (Å²) in [7, 11) is 0. The van der Waals surface area contributed by atoms with Gasteiger partial charge in [-0.15, -0.1) is 0 Å². The van der Waals surface area contributed by atoms with Crippen LogP contribution < -0.4 is 9.84 Å². The number of hydrogen-bond donors (Lipinski definition) is 0. The highest BCUT2D eigenvalue weighted by atomic mass is 19.1. The van der Waals surface area contributed by atoms with Gasteiger partial charge < -0.3 is 14.6 Å². The van der Waals surface area contributed by atoms with Crippen LogP contribution in [0.1, 0.15) is 55.8 Å². The van der Waals surface area contributed by atoms with Crippen molar-refractivity contribution in [1.82, 2.24) is 0 Å². The fourth-order valence-corrected chi connectivity index (χ4v) is 5.71. The first kappa shape index (κ1) is 15.0. The molecule has 3 nitrogen and oxygen atoms in total. The predicted octanol–water partition coefficient (Wildman–Crippen LogP) is 3.17. The van der Waals surface area contributed by atoms with Crippen LogP contribution in [0.4, 0.5) is 4.39 Å². The van der Waals surface area contributed by atoms with Gasteiger partial charge in [-0.05, 0) is 80.4 Å². The Kier molecular flexibility index (Phi) is 3.40. The van der Waals surface area contributed by atoms with Crippen molar-refractivity contribution in [2.45, 2.75) is 51.0 Å². The average Bonchev–Trinajstić information content (AvgIpc) is 2.52. The fourth-order valence-electron chi connectivity index (χ4n) is 5.71. The molecule has 4 saturated carbocycles. The summed E-state index contributed by atoms with van der Waals surface area (Å²) in [5.74, 6) is 0.827. The van der Waals surface area contributed by atoms with Crippen LogP contribution in [0.15, 0.2) is 18.2 Å². The topological polar surface area (TPSA) is 49.4 Å². The molecule has 0 unspecified atom stereocenters. The minimum Gasteiger partial charge on any atom is -0.545 e. The van der Waals surface area contributed by atoms with Crippen molar-refractivity contribution >= 4 is 5.97 Å². The van der Waals surface area contributed by atoms with Gasteiger partial charge in [0, 0.05) is 5.56 Å². The van der Waals surface area contributed by atoms with Crippen LogP contribution in [0.5, 0.6) is 5.75 Å². The van der Waals surface area contributed by atoms with Crippen molar-refractivity contribution < 1.29 is 19.0 Å². The monoisotopic (exact) mass is 317 g/mol. The summed E-state index contributed by atoms with van der Waals surface area (Å²) in [5, 5.41) is 11.1. The summed E-state index contributed by atoms with van der Waals surface area (Å²) < 4.78 is 20.5. The molecule has 1 aromatic carbocycles. The van der Waals surface area contributed by atoms with Gasteiger partial charge in [-0.2, -0.15) is 0 Å². The molecule has 0 saturated heterocycles. The lowest BCUT2D eigenvalue weighted by Crippen LogP contribution is -2.60. The molecule has 0 aliphatic heterocycles. The summed E-state index contributed by atoms with van der Waals surface area (Å²) in [6.45, 7) is 2.11. The lowest BCUT2D eigenvalue weighted by atomic mass is 9.49. The number of halogens is 1. The number of hydrogen-bond acceptors (Lipinski definition) is 3. The molecule has 4 aliphatic rings. The van der Waals surface area contributed by atoms with E-state index in [1.165, 1.54) is 50.3 Å². The lowest BCUT2D eigenvalue weighted by molar-refractivity contribution is -0.255. The number of ether oxygens (including phenoxy) is 1. The van der Waals surface area contributed by atoms with Crippen molar-refractivity contribution in [2.24, 2.45) is 23.7 Å². The van der Waals surface area contributed by atoms with E-state index in [2.05, 4.69) is 6.92 Å². The molecule has 0 radical (unpaired) electrons. The molecule has 0 N–H and O–H groups in total. The van der Waals surface area contributed by atoms with E-state index in [1.54, 1.807) is 0 Å². The Morgan fingerprint density at radius 1 is 1.22 bits per heavy atom. The number of carboxylic acids is 1. The van der Waals surface area contributed by atoms with Crippen molar-refractivity contribution in [3.63, 3.8) is 0 Å². The van der Waals surface area contributed by atoms with Gasteiger partial charge in [0.2, 0.25) is 0 Å². The number of carbonyl (C=O) groups is 1. The minimum atomic E-state index is -1.30. The SMILES string of the molecule is CCC1(Oc2cc(C(=O)[O-])ccc2F)C2CC3CC(C2)CC1C3. The van der Waals surface area contributed by atoms with E-state index in [0.29, 0.717) is 11.8 Å². The molecule has 0 spiro atoms. The highest BCUT2D eigenvalue weighted by Crippen LogP contribution is 2.60. The van der Waals surface area contributed by atoms with Crippen LogP contribution >= 0.6 is 0 Å². The molecule has 0 heterocycles. The Morgan fingerprint density at radius 3 is 2.35 bits per heavy atom. The standard InChI is InChI=1S/C19H23FO3/c1-2-19(14-6-11-5-12(8-14)9-15(19)7-11)23-17-10-13(18(21)22)3-4-16(17)20/h3-4,10-12,14-15H,2,5-9H2,1H3,(H,21,22)/p-1. The van der Waals surface area contributed by atoms with Gasteiger partial charge in [-0.3, -0.25) is 0 Å². The van der Waals surface area contributed by atoms with Gasteiger partial charge in [-0.1, -0.05) is 6.92 Å². The van der Waals surface area contributed by atoms with E-state index in [-0.39, 0.29) is 16.9 Å². The highest BCUT2D eigenvalue weighted by Gasteiger charge is 2.58. The van der Waals surface area contributed by atoms with Crippen LogP contribution in [-0.2, 0) is 0 Å². The fraction of sp³-hybridized carbons (Fsp3) is 0.632. The molecule has 4 heteroatoms. The predicted molar refractivity (Wildman–Crippen MR) is 81.4 cm³/mol. The van der Waals surface area contributed by atoms with E-state index in [4.69, 9.17) is 4.74 Å². The Bertz CT molecular complexity index is 612. The molecule has 1 aromatic rings. The Hall–Kier alpha value is -1.58. The Labute approximate surface area is 135 Å². The van der Waals surface area contributed by atoms with Crippen molar-refractivity contribution in [2.75, 3.05) is 0 Å².